The highest BCUT2D eigenvalue weighted by Crippen LogP contribution is 2.26. The van der Waals surface area contributed by atoms with Gasteiger partial charge >= 0.3 is 0 Å². The first-order valence-corrected chi connectivity index (χ1v) is 6.86. The summed E-state index contributed by atoms with van der Waals surface area (Å²) in [4.78, 5) is 1.00. The van der Waals surface area contributed by atoms with Crippen molar-refractivity contribution in [3.63, 3.8) is 0 Å². The minimum atomic E-state index is 0.194. The molecule has 0 fully saturated rings. The average molecular weight is 250 g/mol. The molecule has 0 saturated carbocycles. The van der Waals surface area contributed by atoms with Crippen LogP contribution in [0.3, 0.4) is 0 Å². The normalized spacial score (nSPS) is 11.9. The summed E-state index contributed by atoms with van der Waals surface area (Å²) in [5, 5.41) is 12.5. The maximum Gasteiger partial charge on any atom is 0.102 e. The molecule has 0 amide bonds. The van der Waals surface area contributed by atoms with E-state index in [1.807, 2.05) is 38.3 Å². The minimum Gasteiger partial charge on any atom is -0.380 e. The number of thioether (sulfide) groups is 1. The summed E-state index contributed by atoms with van der Waals surface area (Å²) in [5.74, 6) is 0. The summed E-state index contributed by atoms with van der Waals surface area (Å²) >= 11 is 1.59. The van der Waals surface area contributed by atoms with Crippen molar-refractivity contribution in [1.82, 2.24) is 0 Å². The van der Waals surface area contributed by atoms with Crippen LogP contribution in [0.5, 0.6) is 0 Å². The Balaban J connectivity index is 2.80. The number of nitriles is 1. The summed E-state index contributed by atoms with van der Waals surface area (Å²) < 4.78 is 5.35. The first-order chi connectivity index (χ1) is 8.22. The van der Waals surface area contributed by atoms with E-state index in [0.717, 1.165) is 10.6 Å². The highest BCUT2D eigenvalue weighted by Gasteiger charge is 2.09. The minimum absolute atomic E-state index is 0.194. The third-order valence-electron chi connectivity index (χ3n) is 2.33. The lowest BCUT2D eigenvalue weighted by Gasteiger charge is -2.17. The van der Waals surface area contributed by atoms with E-state index < -0.39 is 0 Å². The van der Waals surface area contributed by atoms with Gasteiger partial charge < -0.3 is 10.1 Å². The SMILES string of the molecule is CCOCC(C)Nc1cccc(SC)c1C#N. The number of hydrogen-bond donors (Lipinski definition) is 1. The van der Waals surface area contributed by atoms with Gasteiger partial charge in [-0.05, 0) is 32.2 Å². The van der Waals surface area contributed by atoms with E-state index in [9.17, 15) is 5.26 Å². The average Bonchev–Trinajstić information content (AvgIpc) is 2.35. The van der Waals surface area contributed by atoms with Gasteiger partial charge in [-0.2, -0.15) is 5.26 Å². The fourth-order valence-corrected chi connectivity index (χ4v) is 2.11. The first-order valence-electron chi connectivity index (χ1n) is 5.64. The van der Waals surface area contributed by atoms with Crippen molar-refractivity contribution < 1.29 is 4.74 Å². The maximum absolute atomic E-state index is 9.18. The van der Waals surface area contributed by atoms with Gasteiger partial charge in [-0.1, -0.05) is 6.07 Å². The van der Waals surface area contributed by atoms with Crippen molar-refractivity contribution in [2.45, 2.75) is 24.8 Å². The van der Waals surface area contributed by atoms with E-state index in [1.165, 1.54) is 0 Å². The lowest BCUT2D eigenvalue weighted by atomic mass is 10.2. The predicted molar refractivity (Wildman–Crippen MR) is 72.5 cm³/mol. The number of nitrogens with one attached hydrogen (secondary N) is 1. The molecule has 0 aromatic heterocycles. The first kappa shape index (κ1) is 13.9. The van der Waals surface area contributed by atoms with Crippen LogP contribution >= 0.6 is 11.8 Å². The summed E-state index contributed by atoms with van der Waals surface area (Å²) in [6.45, 7) is 5.37. The van der Waals surface area contributed by atoms with Crippen LogP contribution in [-0.4, -0.2) is 25.5 Å². The van der Waals surface area contributed by atoms with E-state index in [4.69, 9.17) is 4.74 Å². The van der Waals surface area contributed by atoms with Gasteiger partial charge in [0.1, 0.15) is 6.07 Å². The van der Waals surface area contributed by atoms with Gasteiger partial charge in [-0.15, -0.1) is 11.8 Å². The van der Waals surface area contributed by atoms with Crippen LogP contribution in [0, 0.1) is 11.3 Å². The van der Waals surface area contributed by atoms with Gasteiger partial charge in [0, 0.05) is 17.5 Å². The van der Waals surface area contributed by atoms with Gasteiger partial charge in [-0.25, -0.2) is 0 Å². The van der Waals surface area contributed by atoms with E-state index in [1.54, 1.807) is 11.8 Å². The molecule has 1 N–H and O–H groups in total. The van der Waals surface area contributed by atoms with Crippen molar-refractivity contribution in [1.29, 1.82) is 5.26 Å². The summed E-state index contributed by atoms with van der Waals surface area (Å²) in [5.41, 5.74) is 1.59. The van der Waals surface area contributed by atoms with Crippen LogP contribution in [0.1, 0.15) is 19.4 Å². The molecular formula is C13H18N2OS. The van der Waals surface area contributed by atoms with Gasteiger partial charge in [0.2, 0.25) is 0 Å². The number of rotatable bonds is 6. The standard InChI is InChI=1S/C13H18N2OS/c1-4-16-9-10(2)15-12-6-5-7-13(17-3)11(12)8-14/h5-7,10,15H,4,9H2,1-3H3. The maximum atomic E-state index is 9.18. The fraction of sp³-hybridized carbons (Fsp3) is 0.462. The number of nitrogens with zero attached hydrogens (tertiary/aromatic N) is 1. The second-order valence-corrected chi connectivity index (χ2v) is 4.55. The van der Waals surface area contributed by atoms with Crippen LogP contribution in [0.4, 0.5) is 5.69 Å². The zero-order valence-corrected chi connectivity index (χ0v) is 11.3. The molecule has 0 radical (unpaired) electrons. The molecule has 0 saturated heterocycles. The Hall–Kier alpha value is -1.18. The van der Waals surface area contributed by atoms with Gasteiger partial charge in [-0.3, -0.25) is 0 Å². The van der Waals surface area contributed by atoms with Crippen LogP contribution in [0.15, 0.2) is 23.1 Å². The predicted octanol–water partition coefficient (Wildman–Crippen LogP) is 3.12. The highest BCUT2D eigenvalue weighted by atomic mass is 32.2. The molecule has 1 atom stereocenters. The lowest BCUT2D eigenvalue weighted by molar-refractivity contribution is 0.141. The van der Waals surface area contributed by atoms with Gasteiger partial charge in [0.15, 0.2) is 0 Å². The van der Waals surface area contributed by atoms with Crippen molar-refractivity contribution in [2.75, 3.05) is 24.8 Å². The third-order valence-corrected chi connectivity index (χ3v) is 3.11. The van der Waals surface area contributed by atoms with Crippen LogP contribution < -0.4 is 5.32 Å². The van der Waals surface area contributed by atoms with Crippen molar-refractivity contribution in [3.05, 3.63) is 23.8 Å². The van der Waals surface area contributed by atoms with Crippen LogP contribution in [-0.2, 0) is 4.74 Å². The molecule has 1 rings (SSSR count). The molecule has 1 unspecified atom stereocenters. The summed E-state index contributed by atoms with van der Waals surface area (Å²) in [6, 6.07) is 8.30. The Kier molecular flexibility index (Phi) is 5.88. The highest BCUT2D eigenvalue weighted by molar-refractivity contribution is 7.98. The summed E-state index contributed by atoms with van der Waals surface area (Å²) in [7, 11) is 0. The number of benzene rings is 1. The third kappa shape index (κ3) is 3.95. The molecule has 0 bridgehead atoms. The topological polar surface area (TPSA) is 45.0 Å². The van der Waals surface area contributed by atoms with Crippen LogP contribution in [0.25, 0.3) is 0 Å². The molecule has 3 nitrogen and oxygen atoms in total. The molecule has 4 heteroatoms. The molecule has 92 valence electrons. The van der Waals surface area contributed by atoms with Crippen molar-refractivity contribution >= 4 is 17.4 Å². The molecule has 0 aliphatic heterocycles. The Morgan fingerprint density at radius 2 is 2.29 bits per heavy atom. The molecule has 1 aromatic rings. The summed E-state index contributed by atoms with van der Waals surface area (Å²) in [6.07, 6.45) is 1.98. The smallest absolute Gasteiger partial charge is 0.102 e. The van der Waals surface area contributed by atoms with E-state index in [-0.39, 0.29) is 6.04 Å². The Morgan fingerprint density at radius 1 is 1.53 bits per heavy atom. The van der Waals surface area contributed by atoms with Crippen LogP contribution in [0.2, 0.25) is 0 Å². The Morgan fingerprint density at radius 3 is 2.88 bits per heavy atom. The van der Waals surface area contributed by atoms with Crippen molar-refractivity contribution in [3.8, 4) is 6.07 Å². The monoisotopic (exact) mass is 250 g/mol. The largest absolute Gasteiger partial charge is 0.380 e. The zero-order valence-electron chi connectivity index (χ0n) is 10.5. The number of ether oxygens (including phenoxy) is 1. The van der Waals surface area contributed by atoms with E-state index in [0.29, 0.717) is 18.8 Å². The molecule has 17 heavy (non-hydrogen) atoms. The molecule has 0 heterocycles. The Bertz CT molecular complexity index is 401. The molecule has 0 aliphatic carbocycles. The van der Waals surface area contributed by atoms with Gasteiger partial charge in [0.25, 0.3) is 0 Å². The fourth-order valence-electron chi connectivity index (χ4n) is 1.54. The molecular weight excluding hydrogens is 232 g/mol. The molecule has 0 aliphatic rings. The number of hydrogen-bond acceptors (Lipinski definition) is 4. The molecule has 0 spiro atoms. The van der Waals surface area contributed by atoms with E-state index >= 15 is 0 Å². The quantitative estimate of drug-likeness (QED) is 0.788. The van der Waals surface area contributed by atoms with Gasteiger partial charge in [0.05, 0.1) is 17.9 Å². The zero-order chi connectivity index (χ0) is 12.7. The number of anilines is 1. The second-order valence-electron chi connectivity index (χ2n) is 3.70. The lowest BCUT2D eigenvalue weighted by Crippen LogP contribution is -2.22. The van der Waals surface area contributed by atoms with Crippen molar-refractivity contribution in [2.24, 2.45) is 0 Å². The Labute approximate surface area is 107 Å². The second kappa shape index (κ2) is 7.21. The molecule has 1 aromatic carbocycles. The van der Waals surface area contributed by atoms with E-state index in [2.05, 4.69) is 11.4 Å².